The molecule has 1 saturated heterocycles. The summed E-state index contributed by atoms with van der Waals surface area (Å²) in [5.41, 5.74) is 2.05. The van der Waals surface area contributed by atoms with Crippen LogP contribution in [0, 0.1) is 11.7 Å². The number of piperidine rings is 1. The summed E-state index contributed by atoms with van der Waals surface area (Å²) in [6.45, 7) is 4.04. The van der Waals surface area contributed by atoms with Crippen LogP contribution in [0.2, 0.25) is 0 Å². The Kier molecular flexibility index (Phi) is 7.62. The zero-order valence-electron chi connectivity index (χ0n) is 18.9. The molecule has 0 unspecified atom stereocenters. The lowest BCUT2D eigenvalue weighted by atomic mass is 9.94. The van der Waals surface area contributed by atoms with Crippen molar-refractivity contribution in [3.63, 3.8) is 0 Å². The van der Waals surface area contributed by atoms with Crippen LogP contribution in [0.1, 0.15) is 46.0 Å². The van der Waals surface area contributed by atoms with E-state index in [1.54, 1.807) is 31.1 Å². The van der Waals surface area contributed by atoms with Crippen LogP contribution in [-0.2, 0) is 11.3 Å². The highest BCUT2D eigenvalue weighted by molar-refractivity contribution is 5.94. The number of likely N-dealkylation sites (tertiary alicyclic amines) is 1. The highest BCUT2D eigenvalue weighted by Gasteiger charge is 2.30. The third-order valence-corrected chi connectivity index (χ3v) is 5.90. The van der Waals surface area contributed by atoms with E-state index in [2.05, 4.69) is 0 Å². The number of halogens is 1. The Labute approximate surface area is 188 Å². The minimum absolute atomic E-state index is 0.0538. The monoisotopic (exact) mass is 439 g/mol. The van der Waals surface area contributed by atoms with Gasteiger partial charge in [0.05, 0.1) is 0 Å². The quantitative estimate of drug-likeness (QED) is 0.693. The summed E-state index contributed by atoms with van der Waals surface area (Å²) in [5.74, 6) is -0.585. The zero-order chi connectivity index (χ0) is 23.3. The van der Waals surface area contributed by atoms with Crippen molar-refractivity contribution in [2.24, 2.45) is 5.92 Å². The van der Waals surface area contributed by atoms with Crippen LogP contribution in [0.25, 0.3) is 0 Å². The van der Waals surface area contributed by atoms with Gasteiger partial charge in [0.25, 0.3) is 11.8 Å². The van der Waals surface area contributed by atoms with E-state index in [9.17, 15) is 18.8 Å². The number of hydrogen-bond donors (Lipinski definition) is 0. The van der Waals surface area contributed by atoms with Gasteiger partial charge in [0.1, 0.15) is 5.82 Å². The third kappa shape index (κ3) is 5.52. The van der Waals surface area contributed by atoms with Crippen molar-refractivity contribution in [2.45, 2.75) is 26.3 Å². The van der Waals surface area contributed by atoms with Gasteiger partial charge in [0, 0.05) is 57.3 Å². The summed E-state index contributed by atoms with van der Waals surface area (Å²) in [6.07, 6.45) is 1.22. The number of nitrogens with zero attached hydrogens (tertiary/aromatic N) is 3. The van der Waals surface area contributed by atoms with Crippen molar-refractivity contribution in [2.75, 3.05) is 33.7 Å². The van der Waals surface area contributed by atoms with Crippen molar-refractivity contribution in [1.29, 1.82) is 0 Å². The first-order chi connectivity index (χ1) is 15.3. The van der Waals surface area contributed by atoms with Gasteiger partial charge in [-0.2, -0.15) is 0 Å². The van der Waals surface area contributed by atoms with Gasteiger partial charge in [-0.05, 0) is 61.7 Å². The van der Waals surface area contributed by atoms with Crippen molar-refractivity contribution in [3.8, 4) is 0 Å². The molecule has 6 nitrogen and oxygen atoms in total. The highest BCUT2D eigenvalue weighted by atomic mass is 19.1. The van der Waals surface area contributed by atoms with Gasteiger partial charge in [-0.15, -0.1) is 0 Å². The van der Waals surface area contributed by atoms with Gasteiger partial charge in [0.2, 0.25) is 5.91 Å². The maximum absolute atomic E-state index is 13.1. The van der Waals surface area contributed by atoms with Crippen LogP contribution >= 0.6 is 0 Å². The van der Waals surface area contributed by atoms with Crippen LogP contribution < -0.4 is 0 Å². The van der Waals surface area contributed by atoms with E-state index in [0.717, 1.165) is 5.56 Å². The van der Waals surface area contributed by atoms with E-state index >= 15 is 0 Å². The minimum atomic E-state index is -0.371. The van der Waals surface area contributed by atoms with Crippen molar-refractivity contribution < 1.29 is 18.8 Å². The molecule has 0 aliphatic carbocycles. The molecule has 0 saturated carbocycles. The fraction of sp³-hybridized carbons (Fsp3) is 0.400. The average molecular weight is 440 g/mol. The molecule has 7 heteroatoms. The number of hydrogen-bond acceptors (Lipinski definition) is 3. The third-order valence-electron chi connectivity index (χ3n) is 5.90. The Hall–Kier alpha value is -3.22. The van der Waals surface area contributed by atoms with Crippen molar-refractivity contribution >= 4 is 17.7 Å². The number of rotatable bonds is 6. The van der Waals surface area contributed by atoms with Gasteiger partial charge < -0.3 is 14.7 Å². The Balaban J connectivity index is 1.56. The maximum Gasteiger partial charge on any atom is 0.253 e. The number of amides is 3. The first-order valence-electron chi connectivity index (χ1n) is 10.9. The standard InChI is InChI=1S/C25H30FN3O3/c1-4-28(17-18-5-7-19(8-6-18)23(30)27(2)3)24(31)21-13-15-29(16-14-21)25(32)20-9-11-22(26)12-10-20/h5-12,21H,4,13-17H2,1-3H3. The molecule has 0 N–H and O–H groups in total. The molecule has 0 bridgehead atoms. The van der Waals surface area contributed by atoms with Crippen molar-refractivity contribution in [1.82, 2.24) is 14.7 Å². The van der Waals surface area contributed by atoms with Gasteiger partial charge in [-0.3, -0.25) is 14.4 Å². The van der Waals surface area contributed by atoms with Gasteiger partial charge >= 0.3 is 0 Å². The summed E-state index contributed by atoms with van der Waals surface area (Å²) in [7, 11) is 3.43. The van der Waals surface area contributed by atoms with E-state index in [4.69, 9.17) is 0 Å². The molecule has 2 aromatic rings. The summed E-state index contributed by atoms with van der Waals surface area (Å²) < 4.78 is 13.1. The number of carbonyl (C=O) groups is 3. The fourth-order valence-corrected chi connectivity index (χ4v) is 3.94. The lowest BCUT2D eigenvalue weighted by Crippen LogP contribution is -2.44. The largest absolute Gasteiger partial charge is 0.345 e. The molecule has 32 heavy (non-hydrogen) atoms. The Morgan fingerprint density at radius 2 is 1.50 bits per heavy atom. The minimum Gasteiger partial charge on any atom is -0.345 e. The van der Waals surface area contributed by atoms with E-state index < -0.39 is 0 Å². The molecule has 1 aliphatic heterocycles. The molecular weight excluding hydrogens is 409 g/mol. The zero-order valence-corrected chi connectivity index (χ0v) is 18.9. The molecule has 3 rings (SSSR count). The number of carbonyl (C=O) groups excluding carboxylic acids is 3. The SMILES string of the molecule is CCN(Cc1ccc(C(=O)N(C)C)cc1)C(=O)C1CCN(C(=O)c2ccc(F)cc2)CC1. The second-order valence-electron chi connectivity index (χ2n) is 8.32. The van der Waals surface area contributed by atoms with Gasteiger partial charge in [-0.1, -0.05) is 12.1 Å². The summed E-state index contributed by atoms with van der Waals surface area (Å²) >= 11 is 0. The van der Waals surface area contributed by atoms with Crippen molar-refractivity contribution in [3.05, 3.63) is 71.0 Å². The molecule has 1 heterocycles. The molecule has 0 radical (unpaired) electrons. The average Bonchev–Trinajstić information content (AvgIpc) is 2.82. The second-order valence-corrected chi connectivity index (χ2v) is 8.32. The molecule has 0 atom stereocenters. The predicted molar refractivity (Wildman–Crippen MR) is 121 cm³/mol. The summed E-state index contributed by atoms with van der Waals surface area (Å²) in [6, 6.07) is 12.9. The molecule has 0 spiro atoms. The first-order valence-corrected chi connectivity index (χ1v) is 10.9. The molecule has 3 amide bonds. The van der Waals surface area contributed by atoms with Gasteiger partial charge in [0.15, 0.2) is 0 Å². The summed E-state index contributed by atoms with van der Waals surface area (Å²) in [5, 5.41) is 0. The molecule has 0 aromatic heterocycles. The molecular formula is C25H30FN3O3. The lowest BCUT2D eigenvalue weighted by molar-refractivity contribution is -0.137. The normalized spacial score (nSPS) is 14.2. The lowest BCUT2D eigenvalue weighted by Gasteiger charge is -2.34. The first kappa shape index (κ1) is 23.4. The fourth-order valence-electron chi connectivity index (χ4n) is 3.94. The van der Waals surface area contributed by atoms with Crippen LogP contribution in [0.3, 0.4) is 0 Å². The Morgan fingerprint density at radius 1 is 0.938 bits per heavy atom. The topological polar surface area (TPSA) is 60.9 Å². The van der Waals surface area contributed by atoms with Crippen LogP contribution in [-0.4, -0.2) is 66.2 Å². The Bertz CT molecular complexity index is 949. The van der Waals surface area contributed by atoms with Crippen LogP contribution in [0.15, 0.2) is 48.5 Å². The molecule has 2 aromatic carbocycles. The Morgan fingerprint density at radius 3 is 2.03 bits per heavy atom. The van der Waals surface area contributed by atoms with E-state index in [0.29, 0.717) is 50.1 Å². The highest BCUT2D eigenvalue weighted by Crippen LogP contribution is 2.22. The molecule has 170 valence electrons. The summed E-state index contributed by atoms with van der Waals surface area (Å²) in [4.78, 5) is 42.9. The molecule has 1 fully saturated rings. The molecule has 1 aliphatic rings. The smallest absolute Gasteiger partial charge is 0.253 e. The van der Waals surface area contributed by atoms with Gasteiger partial charge in [-0.25, -0.2) is 4.39 Å². The van der Waals surface area contributed by atoms with E-state index in [1.165, 1.54) is 29.2 Å². The number of benzene rings is 2. The van der Waals surface area contributed by atoms with Crippen LogP contribution in [0.5, 0.6) is 0 Å². The van der Waals surface area contributed by atoms with E-state index in [1.807, 2.05) is 24.0 Å². The van der Waals surface area contributed by atoms with Crippen LogP contribution in [0.4, 0.5) is 4.39 Å². The predicted octanol–water partition coefficient (Wildman–Crippen LogP) is 3.43. The maximum atomic E-state index is 13.1. The second kappa shape index (κ2) is 10.4. The van der Waals surface area contributed by atoms with E-state index in [-0.39, 0.29) is 29.5 Å².